The monoisotopic (exact) mass is 448 g/mol. The van der Waals surface area contributed by atoms with Gasteiger partial charge in [0.15, 0.2) is 0 Å². The van der Waals surface area contributed by atoms with E-state index in [0.717, 1.165) is 11.4 Å². The number of nitrogens with zero attached hydrogens (tertiary/aromatic N) is 1. The van der Waals surface area contributed by atoms with Crippen molar-refractivity contribution in [1.82, 2.24) is 5.32 Å². The quantitative estimate of drug-likeness (QED) is 0.314. The fraction of sp³-hybridized carbons (Fsp3) is 0.409. The zero-order chi connectivity index (χ0) is 22.8. The third-order valence-corrected chi connectivity index (χ3v) is 5.69. The molecule has 1 amide bonds. The Labute approximate surface area is 186 Å². The van der Waals surface area contributed by atoms with Crippen molar-refractivity contribution in [3.63, 3.8) is 0 Å². The van der Waals surface area contributed by atoms with E-state index in [1.165, 1.54) is 7.11 Å². The molecule has 0 aromatic heterocycles. The Bertz CT molecular complexity index is 881. The van der Waals surface area contributed by atoms with Gasteiger partial charge in [-0.25, -0.2) is 9.59 Å². The summed E-state index contributed by atoms with van der Waals surface area (Å²) < 4.78 is 15.6. The average Bonchev–Trinajstić information content (AvgIpc) is 2.78. The standard InChI is InChI=1S/C22H28N2O6S/c1-5-30-22(27)19-12-18(21(26)29-4)15(2)24(16-7-6-8-17(11-16)28-3)20(19)13-31-10-9-23-14-25/h6-8,11,14H,5,9-10,12-13H2,1-4H3,(H,23,25). The molecule has 0 radical (unpaired) electrons. The first-order valence-electron chi connectivity index (χ1n) is 9.84. The predicted octanol–water partition coefficient (Wildman–Crippen LogP) is 2.65. The van der Waals surface area contributed by atoms with Crippen molar-refractivity contribution in [2.24, 2.45) is 0 Å². The summed E-state index contributed by atoms with van der Waals surface area (Å²) in [4.78, 5) is 37.7. The number of ether oxygens (including phenoxy) is 3. The van der Waals surface area contributed by atoms with Gasteiger partial charge in [0.2, 0.25) is 6.41 Å². The van der Waals surface area contributed by atoms with Gasteiger partial charge < -0.3 is 24.4 Å². The highest BCUT2D eigenvalue weighted by atomic mass is 32.2. The molecular formula is C22H28N2O6S. The van der Waals surface area contributed by atoms with Crippen molar-refractivity contribution in [2.75, 3.05) is 43.8 Å². The van der Waals surface area contributed by atoms with Gasteiger partial charge in [-0.05, 0) is 26.0 Å². The molecule has 0 spiro atoms. The topological polar surface area (TPSA) is 94.2 Å². The molecule has 9 heteroatoms. The van der Waals surface area contributed by atoms with E-state index in [0.29, 0.717) is 47.1 Å². The maximum atomic E-state index is 12.8. The third kappa shape index (κ3) is 6.04. The van der Waals surface area contributed by atoms with Crippen LogP contribution in [0.1, 0.15) is 20.3 Å². The Hall–Kier alpha value is -2.94. The van der Waals surface area contributed by atoms with Crippen LogP contribution in [0, 0.1) is 0 Å². The maximum absolute atomic E-state index is 12.8. The second-order valence-corrected chi connectivity index (χ2v) is 7.64. The zero-order valence-corrected chi connectivity index (χ0v) is 19.0. The van der Waals surface area contributed by atoms with Crippen LogP contribution in [-0.4, -0.2) is 57.2 Å². The van der Waals surface area contributed by atoms with Crippen LogP contribution in [0.2, 0.25) is 0 Å². The van der Waals surface area contributed by atoms with E-state index < -0.39 is 11.9 Å². The molecule has 1 aliphatic heterocycles. The number of hydrogen-bond acceptors (Lipinski definition) is 8. The molecule has 0 atom stereocenters. The molecule has 0 saturated carbocycles. The van der Waals surface area contributed by atoms with Crippen LogP contribution in [0.3, 0.4) is 0 Å². The lowest BCUT2D eigenvalue weighted by Gasteiger charge is -2.35. The number of amides is 1. The first-order chi connectivity index (χ1) is 15.0. The van der Waals surface area contributed by atoms with Crippen LogP contribution in [0.4, 0.5) is 5.69 Å². The second kappa shape index (κ2) is 12.0. The van der Waals surface area contributed by atoms with Crippen molar-refractivity contribution >= 4 is 35.8 Å². The molecule has 31 heavy (non-hydrogen) atoms. The fourth-order valence-electron chi connectivity index (χ4n) is 3.24. The van der Waals surface area contributed by atoms with Crippen LogP contribution < -0.4 is 15.0 Å². The van der Waals surface area contributed by atoms with Gasteiger partial charge in [0.05, 0.1) is 32.0 Å². The Kier molecular flexibility index (Phi) is 9.45. The largest absolute Gasteiger partial charge is 0.497 e. The lowest BCUT2D eigenvalue weighted by molar-refractivity contribution is -0.138. The summed E-state index contributed by atoms with van der Waals surface area (Å²) in [5, 5.41) is 2.63. The molecule has 2 rings (SSSR count). The van der Waals surface area contributed by atoms with Crippen molar-refractivity contribution in [1.29, 1.82) is 0 Å². The van der Waals surface area contributed by atoms with Crippen LogP contribution in [-0.2, 0) is 23.9 Å². The van der Waals surface area contributed by atoms with Crippen LogP contribution in [0.5, 0.6) is 5.75 Å². The first-order valence-corrected chi connectivity index (χ1v) is 11.0. The number of carbonyl (C=O) groups is 3. The number of anilines is 1. The lowest BCUT2D eigenvalue weighted by Crippen LogP contribution is -2.33. The summed E-state index contributed by atoms with van der Waals surface area (Å²) in [5.74, 6) is 0.838. The van der Waals surface area contributed by atoms with Gasteiger partial charge in [-0.3, -0.25) is 4.79 Å². The Morgan fingerprint density at radius 1 is 1.23 bits per heavy atom. The van der Waals surface area contributed by atoms with Gasteiger partial charge in [0.25, 0.3) is 0 Å². The molecule has 0 saturated heterocycles. The number of allylic oxidation sites excluding steroid dienone is 1. The van der Waals surface area contributed by atoms with Crippen molar-refractivity contribution in [2.45, 2.75) is 20.3 Å². The molecule has 0 aliphatic carbocycles. The van der Waals surface area contributed by atoms with E-state index in [1.807, 2.05) is 36.1 Å². The minimum absolute atomic E-state index is 0.125. The van der Waals surface area contributed by atoms with Gasteiger partial charge in [0, 0.05) is 47.6 Å². The predicted molar refractivity (Wildman–Crippen MR) is 120 cm³/mol. The van der Waals surface area contributed by atoms with Crippen LogP contribution in [0.15, 0.2) is 46.8 Å². The average molecular weight is 449 g/mol. The van der Waals surface area contributed by atoms with Crippen LogP contribution >= 0.6 is 11.8 Å². The lowest BCUT2D eigenvalue weighted by atomic mass is 9.95. The molecule has 1 N–H and O–H groups in total. The summed E-state index contributed by atoms with van der Waals surface area (Å²) in [6, 6.07) is 7.39. The maximum Gasteiger partial charge on any atom is 0.336 e. The Morgan fingerprint density at radius 3 is 2.65 bits per heavy atom. The molecule has 0 fully saturated rings. The smallest absolute Gasteiger partial charge is 0.336 e. The number of methoxy groups -OCH3 is 2. The Balaban J connectivity index is 2.56. The van der Waals surface area contributed by atoms with Crippen molar-refractivity contribution in [3.05, 3.63) is 46.8 Å². The second-order valence-electron chi connectivity index (χ2n) is 6.54. The SMILES string of the molecule is CCOC(=O)C1=C(CSCCNC=O)N(c2cccc(OC)c2)C(C)=C(C(=O)OC)C1. The number of thioether (sulfide) groups is 1. The highest BCUT2D eigenvalue weighted by molar-refractivity contribution is 7.99. The van der Waals surface area contributed by atoms with Gasteiger partial charge >= 0.3 is 11.9 Å². The third-order valence-electron chi connectivity index (χ3n) is 4.72. The Morgan fingerprint density at radius 2 is 2.00 bits per heavy atom. The van der Waals surface area contributed by atoms with E-state index in [9.17, 15) is 14.4 Å². The molecule has 1 aromatic carbocycles. The van der Waals surface area contributed by atoms with Crippen molar-refractivity contribution < 1.29 is 28.6 Å². The summed E-state index contributed by atoms with van der Waals surface area (Å²) in [5.41, 5.74) is 2.96. The number of carbonyl (C=O) groups excluding carboxylic acids is 3. The highest BCUT2D eigenvalue weighted by Crippen LogP contribution is 2.38. The fourth-order valence-corrected chi connectivity index (χ4v) is 4.14. The molecular weight excluding hydrogens is 420 g/mol. The number of benzene rings is 1. The van der Waals surface area contributed by atoms with Gasteiger partial charge in [0.1, 0.15) is 5.75 Å². The molecule has 1 aromatic rings. The van der Waals surface area contributed by atoms with E-state index in [1.54, 1.807) is 25.8 Å². The van der Waals surface area contributed by atoms with Crippen molar-refractivity contribution in [3.8, 4) is 5.75 Å². The van der Waals surface area contributed by atoms with Crippen LogP contribution in [0.25, 0.3) is 0 Å². The number of rotatable bonds is 11. The molecule has 0 bridgehead atoms. The first kappa shape index (κ1) is 24.3. The van der Waals surface area contributed by atoms with E-state index in [-0.39, 0.29) is 13.0 Å². The molecule has 168 valence electrons. The molecule has 0 unspecified atom stereocenters. The van der Waals surface area contributed by atoms with Gasteiger partial charge in [-0.2, -0.15) is 11.8 Å². The summed E-state index contributed by atoms with van der Waals surface area (Å²) in [7, 11) is 2.90. The molecule has 8 nitrogen and oxygen atoms in total. The number of nitrogens with one attached hydrogen (secondary N) is 1. The van der Waals surface area contributed by atoms with Gasteiger partial charge in [-0.15, -0.1) is 0 Å². The molecule has 1 heterocycles. The van der Waals surface area contributed by atoms with E-state index in [2.05, 4.69) is 5.32 Å². The molecule has 1 aliphatic rings. The number of esters is 2. The highest BCUT2D eigenvalue weighted by Gasteiger charge is 2.33. The normalized spacial score (nSPS) is 13.7. The zero-order valence-electron chi connectivity index (χ0n) is 18.2. The minimum Gasteiger partial charge on any atom is -0.497 e. The van der Waals surface area contributed by atoms with E-state index >= 15 is 0 Å². The summed E-state index contributed by atoms with van der Waals surface area (Å²) in [6.07, 6.45) is 0.781. The summed E-state index contributed by atoms with van der Waals surface area (Å²) >= 11 is 1.57. The minimum atomic E-state index is -0.492. The van der Waals surface area contributed by atoms with E-state index in [4.69, 9.17) is 14.2 Å². The van der Waals surface area contributed by atoms with Gasteiger partial charge in [-0.1, -0.05) is 6.07 Å². The number of hydrogen-bond donors (Lipinski definition) is 1. The summed E-state index contributed by atoms with van der Waals surface area (Å²) in [6.45, 7) is 4.30.